The summed E-state index contributed by atoms with van der Waals surface area (Å²) >= 11 is 3.31. The summed E-state index contributed by atoms with van der Waals surface area (Å²) in [6.45, 7) is 8.90. The number of nitrogens with one attached hydrogen (secondary N) is 1. The second-order valence-electron chi connectivity index (χ2n) is 5.80. The van der Waals surface area contributed by atoms with Crippen molar-refractivity contribution in [2.75, 3.05) is 13.7 Å². The van der Waals surface area contributed by atoms with Gasteiger partial charge in [-0.2, -0.15) is 0 Å². The van der Waals surface area contributed by atoms with Gasteiger partial charge >= 0.3 is 0 Å². The SMILES string of the molecule is COc1ccc(S(=O)(=O)NCC(C(C)C)C(C)C)cc1Br. The summed E-state index contributed by atoms with van der Waals surface area (Å²) in [6.07, 6.45) is 0. The van der Waals surface area contributed by atoms with Gasteiger partial charge in [-0.1, -0.05) is 27.7 Å². The Hall–Kier alpha value is -0.590. The van der Waals surface area contributed by atoms with Crippen molar-refractivity contribution < 1.29 is 13.2 Å². The Morgan fingerprint density at radius 2 is 1.76 bits per heavy atom. The highest BCUT2D eigenvalue weighted by Crippen LogP contribution is 2.27. The van der Waals surface area contributed by atoms with Crippen LogP contribution in [0.4, 0.5) is 0 Å². The van der Waals surface area contributed by atoms with Gasteiger partial charge in [0.25, 0.3) is 0 Å². The lowest BCUT2D eigenvalue weighted by Gasteiger charge is -2.25. The van der Waals surface area contributed by atoms with E-state index >= 15 is 0 Å². The van der Waals surface area contributed by atoms with Crippen LogP contribution in [0.3, 0.4) is 0 Å². The molecule has 0 radical (unpaired) electrons. The number of ether oxygens (including phenoxy) is 1. The Labute approximate surface area is 136 Å². The Morgan fingerprint density at radius 1 is 1.19 bits per heavy atom. The van der Waals surface area contributed by atoms with Gasteiger partial charge in [0.1, 0.15) is 5.75 Å². The molecule has 1 aromatic carbocycles. The molecule has 0 spiro atoms. The normalized spacial score (nSPS) is 12.4. The first-order valence-electron chi connectivity index (χ1n) is 7.02. The Kier molecular flexibility index (Phi) is 6.69. The van der Waals surface area contributed by atoms with E-state index in [1.807, 2.05) is 0 Å². The number of benzene rings is 1. The molecule has 0 heterocycles. The summed E-state index contributed by atoms with van der Waals surface area (Å²) in [4.78, 5) is 0.237. The Balaban J connectivity index is 2.89. The van der Waals surface area contributed by atoms with E-state index in [9.17, 15) is 8.42 Å². The average molecular weight is 378 g/mol. The van der Waals surface area contributed by atoms with E-state index in [1.54, 1.807) is 25.3 Å². The van der Waals surface area contributed by atoms with Crippen LogP contribution in [-0.2, 0) is 10.0 Å². The molecule has 120 valence electrons. The standard InChI is InChI=1S/C15H24BrNO3S/c1-10(2)13(11(3)4)9-17-21(18,19)12-6-7-15(20-5)14(16)8-12/h6-8,10-11,13,17H,9H2,1-5H3. The minimum absolute atomic E-state index is 0.237. The fourth-order valence-corrected chi connectivity index (χ4v) is 4.14. The minimum Gasteiger partial charge on any atom is -0.496 e. The Morgan fingerprint density at radius 3 is 2.19 bits per heavy atom. The highest BCUT2D eigenvalue weighted by Gasteiger charge is 2.22. The summed E-state index contributed by atoms with van der Waals surface area (Å²) in [6, 6.07) is 4.74. The smallest absolute Gasteiger partial charge is 0.240 e. The van der Waals surface area contributed by atoms with Crippen molar-refractivity contribution in [3.8, 4) is 5.75 Å². The minimum atomic E-state index is -3.51. The third kappa shape index (κ3) is 4.97. The molecular formula is C15H24BrNO3S. The van der Waals surface area contributed by atoms with Crippen LogP contribution in [0.25, 0.3) is 0 Å². The molecule has 0 saturated carbocycles. The molecule has 0 aliphatic carbocycles. The van der Waals surface area contributed by atoms with Gasteiger partial charge in [-0.3, -0.25) is 0 Å². The van der Waals surface area contributed by atoms with E-state index in [2.05, 4.69) is 48.3 Å². The molecule has 4 nitrogen and oxygen atoms in total. The summed E-state index contributed by atoms with van der Waals surface area (Å²) in [5, 5.41) is 0. The second kappa shape index (κ2) is 7.61. The molecule has 0 atom stereocenters. The summed E-state index contributed by atoms with van der Waals surface area (Å²) in [7, 11) is -1.96. The zero-order valence-electron chi connectivity index (χ0n) is 13.2. The fourth-order valence-electron chi connectivity index (χ4n) is 2.34. The maximum atomic E-state index is 12.4. The molecule has 0 bridgehead atoms. The first-order chi connectivity index (χ1) is 9.69. The molecule has 0 saturated heterocycles. The maximum Gasteiger partial charge on any atom is 0.240 e. The Bertz CT molecular complexity index is 562. The molecule has 0 fully saturated rings. The number of hydrogen-bond acceptors (Lipinski definition) is 3. The van der Waals surface area contributed by atoms with Gasteiger partial charge in [-0.05, 0) is 51.9 Å². The van der Waals surface area contributed by atoms with Crippen LogP contribution in [0, 0.1) is 17.8 Å². The van der Waals surface area contributed by atoms with Crippen LogP contribution in [0.2, 0.25) is 0 Å². The van der Waals surface area contributed by atoms with E-state index in [4.69, 9.17) is 4.74 Å². The zero-order chi connectivity index (χ0) is 16.2. The van der Waals surface area contributed by atoms with Gasteiger partial charge in [0, 0.05) is 6.54 Å². The van der Waals surface area contributed by atoms with Gasteiger partial charge in [0.2, 0.25) is 10.0 Å². The van der Waals surface area contributed by atoms with Crippen LogP contribution in [0.5, 0.6) is 5.75 Å². The quantitative estimate of drug-likeness (QED) is 0.788. The van der Waals surface area contributed by atoms with Crippen molar-refractivity contribution in [3.63, 3.8) is 0 Å². The van der Waals surface area contributed by atoms with E-state index in [0.29, 0.717) is 34.5 Å². The van der Waals surface area contributed by atoms with E-state index in [0.717, 1.165) is 0 Å². The molecule has 1 aromatic rings. The van der Waals surface area contributed by atoms with Crippen molar-refractivity contribution in [2.45, 2.75) is 32.6 Å². The molecule has 1 N–H and O–H groups in total. The zero-order valence-corrected chi connectivity index (χ0v) is 15.6. The first-order valence-corrected chi connectivity index (χ1v) is 9.30. The van der Waals surface area contributed by atoms with Gasteiger partial charge in [0.15, 0.2) is 0 Å². The van der Waals surface area contributed by atoms with Crippen molar-refractivity contribution in [2.24, 2.45) is 17.8 Å². The van der Waals surface area contributed by atoms with Crippen molar-refractivity contribution in [1.82, 2.24) is 4.72 Å². The maximum absolute atomic E-state index is 12.4. The number of methoxy groups -OCH3 is 1. The van der Waals surface area contributed by atoms with Crippen molar-refractivity contribution in [3.05, 3.63) is 22.7 Å². The van der Waals surface area contributed by atoms with Crippen LogP contribution in [0.1, 0.15) is 27.7 Å². The van der Waals surface area contributed by atoms with E-state index < -0.39 is 10.0 Å². The second-order valence-corrected chi connectivity index (χ2v) is 8.42. The number of sulfonamides is 1. The highest BCUT2D eigenvalue weighted by atomic mass is 79.9. The predicted octanol–water partition coefficient (Wildman–Crippen LogP) is 3.66. The third-order valence-corrected chi connectivity index (χ3v) is 5.70. The topological polar surface area (TPSA) is 55.4 Å². The van der Waals surface area contributed by atoms with Crippen LogP contribution in [0.15, 0.2) is 27.6 Å². The van der Waals surface area contributed by atoms with Crippen LogP contribution >= 0.6 is 15.9 Å². The van der Waals surface area contributed by atoms with Crippen LogP contribution in [-0.4, -0.2) is 22.1 Å². The largest absolute Gasteiger partial charge is 0.496 e. The molecule has 0 aliphatic heterocycles. The average Bonchev–Trinajstić information content (AvgIpc) is 2.37. The van der Waals surface area contributed by atoms with Gasteiger partial charge < -0.3 is 4.74 Å². The number of rotatable bonds is 7. The van der Waals surface area contributed by atoms with Crippen LogP contribution < -0.4 is 9.46 Å². The molecular weight excluding hydrogens is 354 g/mol. The molecule has 0 aromatic heterocycles. The number of halogens is 1. The molecule has 0 aliphatic rings. The lowest BCUT2D eigenvalue weighted by Crippen LogP contribution is -2.33. The number of hydrogen-bond donors (Lipinski definition) is 1. The molecule has 0 unspecified atom stereocenters. The summed E-state index contributed by atoms with van der Waals surface area (Å²) < 4.78 is 33.2. The molecule has 6 heteroatoms. The molecule has 21 heavy (non-hydrogen) atoms. The predicted molar refractivity (Wildman–Crippen MR) is 89.0 cm³/mol. The summed E-state index contributed by atoms with van der Waals surface area (Å²) in [5.74, 6) is 1.77. The van der Waals surface area contributed by atoms with Crippen molar-refractivity contribution in [1.29, 1.82) is 0 Å². The molecule has 0 amide bonds. The van der Waals surface area contributed by atoms with E-state index in [-0.39, 0.29) is 4.90 Å². The third-order valence-electron chi connectivity index (χ3n) is 3.66. The highest BCUT2D eigenvalue weighted by molar-refractivity contribution is 9.10. The van der Waals surface area contributed by atoms with Gasteiger partial charge in [-0.15, -0.1) is 0 Å². The van der Waals surface area contributed by atoms with Gasteiger partial charge in [-0.25, -0.2) is 13.1 Å². The first kappa shape index (κ1) is 18.5. The fraction of sp³-hybridized carbons (Fsp3) is 0.600. The summed E-state index contributed by atoms with van der Waals surface area (Å²) in [5.41, 5.74) is 0. The lowest BCUT2D eigenvalue weighted by molar-refractivity contribution is 0.289. The van der Waals surface area contributed by atoms with Crippen molar-refractivity contribution >= 4 is 26.0 Å². The molecule has 1 rings (SSSR count). The van der Waals surface area contributed by atoms with E-state index in [1.165, 1.54) is 0 Å². The monoisotopic (exact) mass is 377 g/mol. The van der Waals surface area contributed by atoms with Gasteiger partial charge in [0.05, 0.1) is 16.5 Å². The lowest BCUT2D eigenvalue weighted by atomic mass is 9.86.